The van der Waals surface area contributed by atoms with Crippen molar-refractivity contribution in [1.82, 2.24) is 0 Å². The fourth-order valence-corrected chi connectivity index (χ4v) is 1.82. The molecule has 0 spiro atoms. The fraction of sp³-hybridized carbons (Fsp3) is 0.571. The van der Waals surface area contributed by atoms with E-state index in [4.69, 9.17) is 10.5 Å². The molecule has 0 aromatic heterocycles. The Morgan fingerprint density at radius 2 is 2.24 bits per heavy atom. The molecular formula is C14H22N2O. The van der Waals surface area contributed by atoms with Crippen LogP contribution in [0.5, 0.6) is 0 Å². The number of ether oxygens (including phenoxy) is 1. The van der Waals surface area contributed by atoms with Gasteiger partial charge in [-0.3, -0.25) is 0 Å². The van der Waals surface area contributed by atoms with Crippen molar-refractivity contribution in [1.29, 1.82) is 0 Å². The SMILES string of the molecule is Cc1cc(N)ccc1NCCCOCC1CC1. The van der Waals surface area contributed by atoms with Crippen molar-refractivity contribution in [2.75, 3.05) is 30.8 Å². The quantitative estimate of drug-likeness (QED) is 0.563. The topological polar surface area (TPSA) is 47.3 Å². The number of benzene rings is 1. The first kappa shape index (κ1) is 12.2. The Balaban J connectivity index is 1.60. The van der Waals surface area contributed by atoms with Gasteiger partial charge in [-0.05, 0) is 55.9 Å². The van der Waals surface area contributed by atoms with Gasteiger partial charge in [0.05, 0.1) is 0 Å². The van der Waals surface area contributed by atoms with Gasteiger partial charge in [0, 0.05) is 31.1 Å². The maximum absolute atomic E-state index is 5.71. The first-order valence-electron chi connectivity index (χ1n) is 6.43. The molecule has 0 aliphatic heterocycles. The van der Waals surface area contributed by atoms with Crippen molar-refractivity contribution in [3.63, 3.8) is 0 Å². The highest BCUT2D eigenvalue weighted by Gasteiger charge is 2.20. The molecule has 3 N–H and O–H groups in total. The zero-order chi connectivity index (χ0) is 12.1. The smallest absolute Gasteiger partial charge is 0.0494 e. The van der Waals surface area contributed by atoms with Gasteiger partial charge >= 0.3 is 0 Å². The van der Waals surface area contributed by atoms with Crippen LogP contribution in [-0.2, 0) is 4.74 Å². The Kier molecular flexibility index (Phi) is 4.26. The largest absolute Gasteiger partial charge is 0.399 e. The van der Waals surface area contributed by atoms with Gasteiger partial charge in [-0.1, -0.05) is 0 Å². The molecule has 0 heterocycles. The van der Waals surface area contributed by atoms with E-state index in [9.17, 15) is 0 Å². The average molecular weight is 234 g/mol. The molecule has 0 saturated heterocycles. The molecule has 1 aromatic carbocycles. The van der Waals surface area contributed by atoms with Crippen LogP contribution in [0.3, 0.4) is 0 Å². The molecule has 1 aromatic rings. The monoisotopic (exact) mass is 234 g/mol. The van der Waals surface area contributed by atoms with Crippen LogP contribution in [-0.4, -0.2) is 19.8 Å². The molecule has 0 atom stereocenters. The summed E-state index contributed by atoms with van der Waals surface area (Å²) in [6, 6.07) is 5.96. The number of nitrogen functional groups attached to an aromatic ring is 1. The van der Waals surface area contributed by atoms with Crippen molar-refractivity contribution >= 4 is 11.4 Å². The summed E-state index contributed by atoms with van der Waals surface area (Å²) in [7, 11) is 0. The van der Waals surface area contributed by atoms with E-state index in [1.165, 1.54) is 24.1 Å². The lowest BCUT2D eigenvalue weighted by atomic mass is 10.2. The van der Waals surface area contributed by atoms with Crippen molar-refractivity contribution < 1.29 is 4.74 Å². The number of rotatable bonds is 7. The second-order valence-electron chi connectivity index (χ2n) is 4.87. The molecule has 1 aliphatic carbocycles. The summed E-state index contributed by atoms with van der Waals surface area (Å²) < 4.78 is 5.58. The minimum atomic E-state index is 0.820. The van der Waals surface area contributed by atoms with Gasteiger partial charge in [0.1, 0.15) is 0 Å². The van der Waals surface area contributed by atoms with Crippen LogP contribution in [0.1, 0.15) is 24.8 Å². The third-order valence-electron chi connectivity index (χ3n) is 3.08. The van der Waals surface area contributed by atoms with E-state index >= 15 is 0 Å². The molecule has 17 heavy (non-hydrogen) atoms. The third kappa shape index (κ3) is 4.27. The van der Waals surface area contributed by atoms with Crippen LogP contribution < -0.4 is 11.1 Å². The minimum Gasteiger partial charge on any atom is -0.399 e. The molecule has 1 saturated carbocycles. The highest BCUT2D eigenvalue weighted by molar-refractivity contribution is 5.57. The summed E-state index contributed by atoms with van der Waals surface area (Å²) >= 11 is 0. The van der Waals surface area contributed by atoms with E-state index in [-0.39, 0.29) is 0 Å². The van der Waals surface area contributed by atoms with Gasteiger partial charge in [-0.25, -0.2) is 0 Å². The molecule has 0 radical (unpaired) electrons. The van der Waals surface area contributed by atoms with Crippen molar-refractivity contribution in [3.8, 4) is 0 Å². The zero-order valence-corrected chi connectivity index (χ0v) is 10.5. The summed E-state index contributed by atoms with van der Waals surface area (Å²) in [5.74, 6) is 0.863. The van der Waals surface area contributed by atoms with Crippen LogP contribution in [0, 0.1) is 12.8 Å². The Labute approximate surface area is 103 Å². The molecule has 1 aliphatic rings. The average Bonchev–Trinajstić information content (AvgIpc) is 3.09. The highest BCUT2D eigenvalue weighted by Crippen LogP contribution is 2.28. The van der Waals surface area contributed by atoms with Gasteiger partial charge in [0.2, 0.25) is 0 Å². The molecule has 3 nitrogen and oxygen atoms in total. The van der Waals surface area contributed by atoms with Crippen molar-refractivity contribution in [3.05, 3.63) is 23.8 Å². The van der Waals surface area contributed by atoms with Crippen LogP contribution in [0.4, 0.5) is 11.4 Å². The van der Waals surface area contributed by atoms with Gasteiger partial charge < -0.3 is 15.8 Å². The summed E-state index contributed by atoms with van der Waals surface area (Å²) in [6.07, 6.45) is 3.78. The zero-order valence-electron chi connectivity index (χ0n) is 10.5. The van der Waals surface area contributed by atoms with Gasteiger partial charge in [-0.2, -0.15) is 0 Å². The normalized spacial score (nSPS) is 14.9. The maximum atomic E-state index is 5.71. The predicted molar refractivity (Wildman–Crippen MR) is 72.2 cm³/mol. The molecule has 0 bridgehead atoms. The molecule has 2 rings (SSSR count). The Hall–Kier alpha value is -1.22. The Bertz CT molecular complexity index is 361. The van der Waals surface area contributed by atoms with Gasteiger partial charge in [-0.15, -0.1) is 0 Å². The molecule has 1 fully saturated rings. The van der Waals surface area contributed by atoms with Crippen LogP contribution >= 0.6 is 0 Å². The molecule has 0 unspecified atom stereocenters. The Morgan fingerprint density at radius 3 is 2.94 bits per heavy atom. The number of hydrogen-bond donors (Lipinski definition) is 2. The van der Waals surface area contributed by atoms with E-state index in [0.717, 1.165) is 37.8 Å². The number of anilines is 2. The van der Waals surface area contributed by atoms with Crippen LogP contribution in [0.15, 0.2) is 18.2 Å². The maximum Gasteiger partial charge on any atom is 0.0494 e. The number of nitrogens with one attached hydrogen (secondary N) is 1. The predicted octanol–water partition coefficient (Wildman–Crippen LogP) is 2.81. The number of hydrogen-bond acceptors (Lipinski definition) is 3. The molecule has 3 heteroatoms. The van der Waals surface area contributed by atoms with E-state index < -0.39 is 0 Å². The van der Waals surface area contributed by atoms with E-state index in [1.807, 2.05) is 18.2 Å². The lowest BCUT2D eigenvalue weighted by molar-refractivity contribution is 0.124. The first-order valence-corrected chi connectivity index (χ1v) is 6.43. The summed E-state index contributed by atoms with van der Waals surface area (Å²) in [5.41, 5.74) is 8.89. The summed E-state index contributed by atoms with van der Waals surface area (Å²) in [6.45, 7) is 4.84. The van der Waals surface area contributed by atoms with Gasteiger partial charge in [0.25, 0.3) is 0 Å². The minimum absolute atomic E-state index is 0.820. The standard InChI is InChI=1S/C14H22N2O/c1-11-9-13(15)5-6-14(11)16-7-2-8-17-10-12-3-4-12/h5-6,9,12,16H,2-4,7-8,10,15H2,1H3. The molecule has 0 amide bonds. The summed E-state index contributed by atoms with van der Waals surface area (Å²) in [4.78, 5) is 0. The third-order valence-corrected chi connectivity index (χ3v) is 3.08. The van der Waals surface area contributed by atoms with E-state index in [1.54, 1.807) is 0 Å². The highest BCUT2D eigenvalue weighted by atomic mass is 16.5. The second-order valence-corrected chi connectivity index (χ2v) is 4.87. The fourth-order valence-electron chi connectivity index (χ4n) is 1.82. The van der Waals surface area contributed by atoms with Crippen LogP contribution in [0.2, 0.25) is 0 Å². The summed E-state index contributed by atoms with van der Waals surface area (Å²) in [5, 5.41) is 3.41. The van der Waals surface area contributed by atoms with Gasteiger partial charge in [0.15, 0.2) is 0 Å². The van der Waals surface area contributed by atoms with E-state index in [0.29, 0.717) is 0 Å². The van der Waals surface area contributed by atoms with Crippen molar-refractivity contribution in [2.24, 2.45) is 5.92 Å². The molecular weight excluding hydrogens is 212 g/mol. The number of nitrogens with two attached hydrogens (primary N) is 1. The molecule has 94 valence electrons. The van der Waals surface area contributed by atoms with Crippen LogP contribution in [0.25, 0.3) is 0 Å². The van der Waals surface area contributed by atoms with E-state index in [2.05, 4.69) is 12.2 Å². The first-order chi connectivity index (χ1) is 8.25. The second kappa shape index (κ2) is 5.92. The number of aryl methyl sites for hydroxylation is 1. The van der Waals surface area contributed by atoms with Crippen molar-refractivity contribution in [2.45, 2.75) is 26.2 Å². The lowest BCUT2D eigenvalue weighted by Crippen LogP contribution is -2.07. The lowest BCUT2D eigenvalue weighted by Gasteiger charge is -2.10. The Morgan fingerprint density at radius 1 is 1.41 bits per heavy atom.